The van der Waals surface area contributed by atoms with E-state index in [1.807, 2.05) is 0 Å². The molecule has 1 aliphatic heterocycles. The summed E-state index contributed by atoms with van der Waals surface area (Å²) >= 11 is 0. The zero-order valence-electron chi connectivity index (χ0n) is 7.73. The molecule has 0 bridgehead atoms. The zero-order chi connectivity index (χ0) is 9.14. The molecule has 2 unspecified atom stereocenters. The van der Waals surface area contributed by atoms with Gasteiger partial charge in [0.15, 0.2) is 0 Å². The summed E-state index contributed by atoms with van der Waals surface area (Å²) in [6.07, 6.45) is 1.42. The standard InChI is InChI=1S/C9H17NO2/c1-7(2)8-3-4-10(6-11)5-9(8)12/h6-9,12H,3-5H2,1-2H3. The van der Waals surface area contributed by atoms with E-state index in [1.54, 1.807) is 4.90 Å². The molecule has 0 aromatic carbocycles. The van der Waals surface area contributed by atoms with Crippen LogP contribution in [0.1, 0.15) is 20.3 Å². The summed E-state index contributed by atoms with van der Waals surface area (Å²) < 4.78 is 0. The molecule has 0 radical (unpaired) electrons. The lowest BCUT2D eigenvalue weighted by Crippen LogP contribution is -2.44. The fourth-order valence-electron chi connectivity index (χ4n) is 1.85. The Balaban J connectivity index is 2.47. The monoisotopic (exact) mass is 171 g/mol. The van der Waals surface area contributed by atoms with Crippen molar-refractivity contribution in [1.82, 2.24) is 4.90 Å². The predicted molar refractivity (Wildman–Crippen MR) is 46.6 cm³/mol. The van der Waals surface area contributed by atoms with E-state index in [1.165, 1.54) is 0 Å². The molecule has 12 heavy (non-hydrogen) atoms. The molecular formula is C9H17NO2. The van der Waals surface area contributed by atoms with Crippen LogP contribution in [0.2, 0.25) is 0 Å². The van der Waals surface area contributed by atoms with Crippen molar-refractivity contribution in [3.05, 3.63) is 0 Å². The molecule has 1 N–H and O–H groups in total. The van der Waals surface area contributed by atoms with E-state index >= 15 is 0 Å². The third-order valence-corrected chi connectivity index (χ3v) is 2.67. The SMILES string of the molecule is CC(C)C1CCN(C=O)CC1O. The number of aliphatic hydroxyl groups excluding tert-OH is 1. The van der Waals surface area contributed by atoms with Gasteiger partial charge in [0.2, 0.25) is 6.41 Å². The number of hydrogen-bond acceptors (Lipinski definition) is 2. The largest absolute Gasteiger partial charge is 0.391 e. The van der Waals surface area contributed by atoms with Crippen molar-refractivity contribution in [1.29, 1.82) is 0 Å². The normalized spacial score (nSPS) is 30.8. The van der Waals surface area contributed by atoms with Gasteiger partial charge in [0.25, 0.3) is 0 Å². The van der Waals surface area contributed by atoms with Crippen LogP contribution < -0.4 is 0 Å². The minimum absolute atomic E-state index is 0.330. The summed E-state index contributed by atoms with van der Waals surface area (Å²) in [7, 11) is 0. The molecule has 1 saturated heterocycles. The van der Waals surface area contributed by atoms with Gasteiger partial charge in [-0.2, -0.15) is 0 Å². The third-order valence-electron chi connectivity index (χ3n) is 2.67. The molecule has 1 amide bonds. The fraction of sp³-hybridized carbons (Fsp3) is 0.889. The number of amides is 1. The molecule has 1 rings (SSSR count). The highest BCUT2D eigenvalue weighted by molar-refractivity contribution is 5.47. The van der Waals surface area contributed by atoms with Crippen molar-refractivity contribution in [2.24, 2.45) is 11.8 Å². The summed E-state index contributed by atoms with van der Waals surface area (Å²) in [4.78, 5) is 12.0. The van der Waals surface area contributed by atoms with Gasteiger partial charge in [-0.25, -0.2) is 0 Å². The molecule has 0 aromatic rings. The van der Waals surface area contributed by atoms with Crippen LogP contribution in [0.15, 0.2) is 0 Å². The van der Waals surface area contributed by atoms with Gasteiger partial charge in [0.05, 0.1) is 6.10 Å². The van der Waals surface area contributed by atoms with Gasteiger partial charge < -0.3 is 10.0 Å². The van der Waals surface area contributed by atoms with E-state index in [4.69, 9.17) is 0 Å². The molecule has 2 atom stereocenters. The third kappa shape index (κ3) is 1.97. The van der Waals surface area contributed by atoms with Crippen LogP contribution in [-0.2, 0) is 4.79 Å². The lowest BCUT2D eigenvalue weighted by atomic mass is 9.84. The summed E-state index contributed by atoms with van der Waals surface area (Å²) in [5.74, 6) is 0.870. The second kappa shape index (κ2) is 3.90. The van der Waals surface area contributed by atoms with E-state index in [0.717, 1.165) is 19.4 Å². The molecule has 1 aliphatic rings. The van der Waals surface area contributed by atoms with E-state index in [2.05, 4.69) is 13.8 Å². The van der Waals surface area contributed by atoms with Crippen molar-refractivity contribution in [2.45, 2.75) is 26.4 Å². The average Bonchev–Trinajstić information content (AvgIpc) is 2.03. The first-order chi connectivity index (χ1) is 5.65. The number of aliphatic hydroxyl groups is 1. The second-order valence-electron chi connectivity index (χ2n) is 3.86. The van der Waals surface area contributed by atoms with Gasteiger partial charge in [0, 0.05) is 13.1 Å². The molecule has 1 heterocycles. The molecule has 0 aliphatic carbocycles. The number of β-amino-alcohol motifs (C(OH)–C–C–N with tert-alkyl or cyclic N) is 1. The van der Waals surface area contributed by atoms with Crippen molar-refractivity contribution >= 4 is 6.41 Å². The molecule has 1 fully saturated rings. The minimum atomic E-state index is -0.330. The van der Waals surface area contributed by atoms with Gasteiger partial charge in [-0.15, -0.1) is 0 Å². The Morgan fingerprint density at radius 1 is 1.58 bits per heavy atom. The molecule has 0 saturated carbocycles. The Bertz CT molecular complexity index is 159. The summed E-state index contributed by atoms with van der Waals surface area (Å²) in [6, 6.07) is 0. The quantitative estimate of drug-likeness (QED) is 0.614. The first kappa shape index (κ1) is 9.52. The van der Waals surface area contributed by atoms with Crippen LogP contribution in [0.4, 0.5) is 0 Å². The number of carbonyl (C=O) groups is 1. The topological polar surface area (TPSA) is 40.5 Å². The molecule has 0 aromatic heterocycles. The van der Waals surface area contributed by atoms with Crippen molar-refractivity contribution in [3.63, 3.8) is 0 Å². The Kier molecular flexibility index (Phi) is 3.09. The maximum absolute atomic E-state index is 10.4. The van der Waals surface area contributed by atoms with E-state index < -0.39 is 0 Å². The fourth-order valence-corrected chi connectivity index (χ4v) is 1.85. The molecule has 0 spiro atoms. The number of rotatable bonds is 2. The predicted octanol–water partition coefficient (Wildman–Crippen LogP) is 0.482. The highest BCUT2D eigenvalue weighted by Crippen LogP contribution is 2.24. The summed E-state index contributed by atoms with van der Waals surface area (Å²) in [6.45, 7) is 5.53. The van der Waals surface area contributed by atoms with Crippen LogP contribution in [0.5, 0.6) is 0 Å². The second-order valence-corrected chi connectivity index (χ2v) is 3.86. The van der Waals surface area contributed by atoms with Crippen LogP contribution in [-0.4, -0.2) is 35.6 Å². The molecular weight excluding hydrogens is 154 g/mol. The smallest absolute Gasteiger partial charge is 0.209 e. The lowest BCUT2D eigenvalue weighted by molar-refractivity contribution is -0.122. The van der Waals surface area contributed by atoms with Crippen molar-refractivity contribution in [2.75, 3.05) is 13.1 Å². The van der Waals surface area contributed by atoms with Crippen molar-refractivity contribution < 1.29 is 9.90 Å². The maximum atomic E-state index is 10.4. The lowest BCUT2D eigenvalue weighted by Gasteiger charge is -2.35. The van der Waals surface area contributed by atoms with Crippen LogP contribution in [0.3, 0.4) is 0 Å². The van der Waals surface area contributed by atoms with E-state index in [0.29, 0.717) is 18.4 Å². The minimum Gasteiger partial charge on any atom is -0.391 e. The first-order valence-corrected chi connectivity index (χ1v) is 4.52. The van der Waals surface area contributed by atoms with Crippen LogP contribution in [0, 0.1) is 11.8 Å². The number of likely N-dealkylation sites (tertiary alicyclic amines) is 1. The van der Waals surface area contributed by atoms with Gasteiger partial charge in [-0.1, -0.05) is 13.8 Å². The number of carbonyl (C=O) groups excluding carboxylic acids is 1. The first-order valence-electron chi connectivity index (χ1n) is 4.52. The summed E-state index contributed by atoms with van der Waals surface area (Å²) in [5.41, 5.74) is 0. The van der Waals surface area contributed by atoms with Gasteiger partial charge in [-0.05, 0) is 18.3 Å². The molecule has 70 valence electrons. The molecule has 3 nitrogen and oxygen atoms in total. The maximum Gasteiger partial charge on any atom is 0.209 e. The van der Waals surface area contributed by atoms with Crippen LogP contribution >= 0.6 is 0 Å². The molecule has 3 heteroatoms. The average molecular weight is 171 g/mol. The zero-order valence-corrected chi connectivity index (χ0v) is 7.73. The van der Waals surface area contributed by atoms with Gasteiger partial charge >= 0.3 is 0 Å². The number of piperidine rings is 1. The Labute approximate surface area is 73.4 Å². The van der Waals surface area contributed by atoms with E-state index in [-0.39, 0.29) is 6.10 Å². The Morgan fingerprint density at radius 2 is 2.25 bits per heavy atom. The van der Waals surface area contributed by atoms with Gasteiger partial charge in [-0.3, -0.25) is 4.79 Å². The Morgan fingerprint density at radius 3 is 2.67 bits per heavy atom. The summed E-state index contributed by atoms with van der Waals surface area (Å²) in [5, 5.41) is 9.64. The van der Waals surface area contributed by atoms with E-state index in [9.17, 15) is 9.90 Å². The highest BCUT2D eigenvalue weighted by atomic mass is 16.3. The van der Waals surface area contributed by atoms with Crippen LogP contribution in [0.25, 0.3) is 0 Å². The van der Waals surface area contributed by atoms with Crippen molar-refractivity contribution in [3.8, 4) is 0 Å². The Hall–Kier alpha value is -0.570. The van der Waals surface area contributed by atoms with Gasteiger partial charge in [0.1, 0.15) is 0 Å². The number of hydrogen-bond donors (Lipinski definition) is 1. The number of nitrogens with zero attached hydrogens (tertiary/aromatic N) is 1. The highest BCUT2D eigenvalue weighted by Gasteiger charge is 2.28.